The lowest BCUT2D eigenvalue weighted by molar-refractivity contribution is 0.345. The zero-order valence-electron chi connectivity index (χ0n) is 16.1. The molecule has 1 aromatic carbocycles. The van der Waals surface area contributed by atoms with E-state index in [1.807, 2.05) is 0 Å². The van der Waals surface area contributed by atoms with Gasteiger partial charge in [0, 0.05) is 19.1 Å². The predicted octanol–water partition coefficient (Wildman–Crippen LogP) is 3.86. The summed E-state index contributed by atoms with van der Waals surface area (Å²) in [5, 5.41) is 6.80. The number of hydrogen-bond acceptors (Lipinski definition) is 2. The monoisotopic (exact) mass is 446 g/mol. The highest BCUT2D eigenvalue weighted by atomic mass is 127. The summed E-state index contributed by atoms with van der Waals surface area (Å²) in [5.74, 6) is 1.47. The van der Waals surface area contributed by atoms with Gasteiger partial charge in [-0.25, -0.2) is 4.99 Å². The first-order valence-electron chi connectivity index (χ1n) is 8.77. The number of rotatable bonds is 8. The number of aliphatic imine (C=N–C) groups is 1. The summed E-state index contributed by atoms with van der Waals surface area (Å²) >= 11 is 0. The summed E-state index contributed by atoms with van der Waals surface area (Å²) in [6.45, 7) is 14.5. The van der Waals surface area contributed by atoms with Gasteiger partial charge in [0.05, 0.1) is 6.54 Å². The molecule has 1 aromatic rings. The molecule has 0 heterocycles. The maximum Gasteiger partial charge on any atom is 0.191 e. The van der Waals surface area contributed by atoms with Gasteiger partial charge in [-0.2, -0.15) is 0 Å². The van der Waals surface area contributed by atoms with Crippen molar-refractivity contribution in [1.82, 2.24) is 15.5 Å². The normalized spacial score (nSPS) is 12.9. The smallest absolute Gasteiger partial charge is 0.191 e. The Bertz CT molecular complexity index is 488. The van der Waals surface area contributed by atoms with Gasteiger partial charge >= 0.3 is 0 Å². The maximum absolute atomic E-state index is 4.73. The average molecular weight is 446 g/mol. The Morgan fingerprint density at radius 1 is 1.17 bits per heavy atom. The number of hydrogen-bond donors (Lipinski definition) is 2. The molecule has 0 aromatic heterocycles. The molecule has 5 heteroatoms. The Morgan fingerprint density at radius 3 is 2.42 bits per heavy atom. The second-order valence-corrected chi connectivity index (χ2v) is 6.52. The molecule has 0 spiro atoms. The van der Waals surface area contributed by atoms with Gasteiger partial charge in [0.1, 0.15) is 0 Å². The largest absolute Gasteiger partial charge is 0.357 e. The number of guanidine groups is 1. The molecule has 1 rings (SSSR count). The highest BCUT2D eigenvalue weighted by molar-refractivity contribution is 14.0. The maximum atomic E-state index is 4.73. The third-order valence-electron chi connectivity index (χ3n) is 4.11. The van der Waals surface area contributed by atoms with E-state index in [0.29, 0.717) is 18.5 Å². The van der Waals surface area contributed by atoms with Crippen molar-refractivity contribution in [1.29, 1.82) is 0 Å². The van der Waals surface area contributed by atoms with Gasteiger partial charge in [-0.1, -0.05) is 45.0 Å². The Morgan fingerprint density at radius 2 is 1.83 bits per heavy atom. The van der Waals surface area contributed by atoms with E-state index < -0.39 is 0 Å². The lowest BCUT2D eigenvalue weighted by Gasteiger charge is -2.20. The molecule has 138 valence electrons. The number of nitrogens with one attached hydrogen (secondary N) is 2. The third kappa shape index (κ3) is 8.87. The van der Waals surface area contributed by atoms with Crippen molar-refractivity contribution in [3.63, 3.8) is 0 Å². The van der Waals surface area contributed by atoms with Crippen molar-refractivity contribution >= 4 is 29.9 Å². The molecule has 24 heavy (non-hydrogen) atoms. The van der Waals surface area contributed by atoms with Crippen LogP contribution in [-0.4, -0.2) is 37.0 Å². The minimum absolute atomic E-state index is 0. The van der Waals surface area contributed by atoms with Crippen LogP contribution in [0.4, 0.5) is 0 Å². The molecule has 0 saturated heterocycles. The van der Waals surface area contributed by atoms with Crippen LogP contribution in [0.1, 0.15) is 45.7 Å². The summed E-state index contributed by atoms with van der Waals surface area (Å²) in [5.41, 5.74) is 2.59. The van der Waals surface area contributed by atoms with E-state index >= 15 is 0 Å². The molecule has 0 radical (unpaired) electrons. The number of benzene rings is 1. The SMILES string of the molecule is CCNC(=NCc1cccc(CN(C)CC)c1)NC(C)C(C)C.I. The fraction of sp³-hybridized carbons (Fsp3) is 0.632. The molecular formula is C19H35IN4. The van der Waals surface area contributed by atoms with Crippen molar-refractivity contribution in [2.45, 2.75) is 53.8 Å². The quantitative estimate of drug-likeness (QED) is 0.362. The van der Waals surface area contributed by atoms with Crippen LogP contribution in [0.25, 0.3) is 0 Å². The van der Waals surface area contributed by atoms with Crippen molar-refractivity contribution in [3.8, 4) is 0 Å². The fourth-order valence-corrected chi connectivity index (χ4v) is 2.12. The first-order chi connectivity index (χ1) is 11.0. The van der Waals surface area contributed by atoms with E-state index in [9.17, 15) is 0 Å². The lowest BCUT2D eigenvalue weighted by atomic mass is 10.1. The lowest BCUT2D eigenvalue weighted by Crippen LogP contribution is -2.44. The molecule has 4 nitrogen and oxygen atoms in total. The van der Waals surface area contributed by atoms with Crippen molar-refractivity contribution in [2.75, 3.05) is 20.1 Å². The molecule has 0 saturated carbocycles. The van der Waals surface area contributed by atoms with Crippen molar-refractivity contribution < 1.29 is 0 Å². The van der Waals surface area contributed by atoms with Crippen LogP contribution >= 0.6 is 24.0 Å². The molecule has 0 bridgehead atoms. The van der Waals surface area contributed by atoms with E-state index in [4.69, 9.17) is 4.99 Å². The molecule has 1 unspecified atom stereocenters. The molecule has 0 aliphatic rings. The zero-order valence-corrected chi connectivity index (χ0v) is 18.4. The van der Waals surface area contributed by atoms with Crippen LogP contribution in [0.3, 0.4) is 0 Å². The van der Waals surface area contributed by atoms with Crippen LogP contribution in [0.5, 0.6) is 0 Å². The van der Waals surface area contributed by atoms with Crippen LogP contribution in [0.2, 0.25) is 0 Å². The summed E-state index contributed by atoms with van der Waals surface area (Å²) < 4.78 is 0. The van der Waals surface area contributed by atoms with Crippen LogP contribution in [0, 0.1) is 5.92 Å². The summed E-state index contributed by atoms with van der Waals surface area (Å²) in [4.78, 5) is 7.03. The summed E-state index contributed by atoms with van der Waals surface area (Å²) in [6.07, 6.45) is 0. The van der Waals surface area contributed by atoms with Crippen molar-refractivity contribution in [3.05, 3.63) is 35.4 Å². The van der Waals surface area contributed by atoms with Gasteiger partial charge in [-0.3, -0.25) is 0 Å². The summed E-state index contributed by atoms with van der Waals surface area (Å²) in [7, 11) is 2.14. The van der Waals surface area contributed by atoms with Gasteiger partial charge < -0.3 is 15.5 Å². The first kappa shape index (κ1) is 23.2. The fourth-order valence-electron chi connectivity index (χ4n) is 2.12. The highest BCUT2D eigenvalue weighted by Gasteiger charge is 2.08. The molecule has 0 aliphatic carbocycles. The number of halogens is 1. The van der Waals surface area contributed by atoms with E-state index in [2.05, 4.69) is 81.5 Å². The van der Waals surface area contributed by atoms with Gasteiger partial charge in [-0.15, -0.1) is 24.0 Å². The van der Waals surface area contributed by atoms with Gasteiger partial charge in [0.2, 0.25) is 0 Å². The second kappa shape index (κ2) is 12.5. The molecule has 0 aliphatic heterocycles. The topological polar surface area (TPSA) is 39.7 Å². The minimum Gasteiger partial charge on any atom is -0.357 e. The summed E-state index contributed by atoms with van der Waals surface area (Å²) in [6, 6.07) is 9.11. The van der Waals surface area contributed by atoms with E-state index in [1.54, 1.807) is 0 Å². The molecule has 0 amide bonds. The highest BCUT2D eigenvalue weighted by Crippen LogP contribution is 2.09. The van der Waals surface area contributed by atoms with E-state index in [0.717, 1.165) is 25.6 Å². The number of nitrogens with zero attached hydrogens (tertiary/aromatic N) is 2. The standard InChI is InChI=1S/C19H34N4.HI/c1-7-20-19(22-16(5)15(3)4)21-13-17-10-9-11-18(12-17)14-23(6)8-2;/h9-12,15-16H,7-8,13-14H2,1-6H3,(H2,20,21,22);1H. The third-order valence-corrected chi connectivity index (χ3v) is 4.11. The average Bonchev–Trinajstić information content (AvgIpc) is 2.52. The molecule has 0 fully saturated rings. The Hall–Kier alpha value is -0.820. The Balaban J connectivity index is 0.00000529. The molecule has 2 N–H and O–H groups in total. The van der Waals surface area contributed by atoms with Gasteiger partial charge in [0.15, 0.2) is 5.96 Å². The van der Waals surface area contributed by atoms with Gasteiger partial charge in [-0.05, 0) is 44.5 Å². The van der Waals surface area contributed by atoms with Crippen LogP contribution < -0.4 is 10.6 Å². The predicted molar refractivity (Wildman–Crippen MR) is 116 cm³/mol. The van der Waals surface area contributed by atoms with E-state index in [-0.39, 0.29) is 24.0 Å². The van der Waals surface area contributed by atoms with Crippen LogP contribution in [0.15, 0.2) is 29.3 Å². The minimum atomic E-state index is 0. The Kier molecular flexibility index (Phi) is 12.1. The van der Waals surface area contributed by atoms with Crippen LogP contribution in [-0.2, 0) is 13.1 Å². The van der Waals surface area contributed by atoms with E-state index in [1.165, 1.54) is 11.1 Å². The zero-order chi connectivity index (χ0) is 17.2. The van der Waals surface area contributed by atoms with Crippen molar-refractivity contribution in [2.24, 2.45) is 10.9 Å². The molecule has 1 atom stereocenters. The first-order valence-corrected chi connectivity index (χ1v) is 8.77. The van der Waals surface area contributed by atoms with Gasteiger partial charge in [0.25, 0.3) is 0 Å². The second-order valence-electron chi connectivity index (χ2n) is 6.52. The Labute approximate surface area is 165 Å². The molecular weight excluding hydrogens is 411 g/mol.